The van der Waals surface area contributed by atoms with Crippen molar-refractivity contribution >= 4 is 5.78 Å². The molecule has 0 amide bonds. The molecule has 18 heavy (non-hydrogen) atoms. The predicted octanol–water partition coefficient (Wildman–Crippen LogP) is -2.54. The van der Waals surface area contributed by atoms with Crippen LogP contribution in [0.15, 0.2) is 24.5 Å². The van der Waals surface area contributed by atoms with E-state index >= 15 is 0 Å². The molecule has 1 rings (SSSR count). The molecule has 0 saturated carbocycles. The van der Waals surface area contributed by atoms with Gasteiger partial charge in [0.2, 0.25) is 5.78 Å². The number of carbonyl (C=O) groups excluding carboxylic acids is 1. The molecule has 0 aromatic rings. The lowest BCUT2D eigenvalue weighted by atomic mass is 9.97. The third-order valence-electron chi connectivity index (χ3n) is 2.53. The van der Waals surface area contributed by atoms with Crippen molar-refractivity contribution in [2.24, 2.45) is 0 Å². The number of ether oxygens (including phenoxy) is 1. The molecule has 7 heteroatoms. The maximum absolute atomic E-state index is 11.7. The number of allylic oxidation sites excluding steroid dienone is 2. The first kappa shape index (κ1) is 14.8. The van der Waals surface area contributed by atoms with Crippen molar-refractivity contribution in [2.75, 3.05) is 6.61 Å². The van der Waals surface area contributed by atoms with E-state index in [4.69, 9.17) is 14.9 Å². The molecular weight excluding hydrogens is 244 g/mol. The van der Waals surface area contributed by atoms with Gasteiger partial charge in [0.15, 0.2) is 6.10 Å². The van der Waals surface area contributed by atoms with Crippen LogP contribution in [0.3, 0.4) is 0 Å². The summed E-state index contributed by atoms with van der Waals surface area (Å²) in [5.41, 5.74) is 0. The van der Waals surface area contributed by atoms with Crippen LogP contribution in [0.2, 0.25) is 0 Å². The molecule has 5 unspecified atom stereocenters. The van der Waals surface area contributed by atoms with Gasteiger partial charge in [-0.2, -0.15) is 0 Å². The highest BCUT2D eigenvalue weighted by Crippen LogP contribution is 2.12. The minimum absolute atomic E-state index is 0.804. The molecule has 1 aliphatic rings. The van der Waals surface area contributed by atoms with Crippen molar-refractivity contribution in [3.8, 4) is 0 Å². The van der Waals surface area contributed by atoms with Gasteiger partial charge in [0.25, 0.3) is 0 Å². The van der Waals surface area contributed by atoms with Gasteiger partial charge in [0, 0.05) is 0 Å². The van der Waals surface area contributed by atoms with Crippen molar-refractivity contribution in [3.63, 3.8) is 0 Å². The SMILES string of the molecule is O=C(C1C=CC=CO1)C(O)C(O)C(O)C(O)CO. The number of ketones is 1. The van der Waals surface area contributed by atoms with Crippen LogP contribution in [0.5, 0.6) is 0 Å². The van der Waals surface area contributed by atoms with Crippen molar-refractivity contribution in [2.45, 2.75) is 30.5 Å². The third-order valence-corrected chi connectivity index (χ3v) is 2.53. The van der Waals surface area contributed by atoms with E-state index in [1.807, 2.05) is 0 Å². The molecule has 102 valence electrons. The zero-order valence-corrected chi connectivity index (χ0v) is 9.46. The van der Waals surface area contributed by atoms with Gasteiger partial charge < -0.3 is 30.3 Å². The van der Waals surface area contributed by atoms with Crippen LogP contribution >= 0.6 is 0 Å². The zero-order chi connectivity index (χ0) is 13.7. The maximum Gasteiger partial charge on any atom is 0.208 e. The normalized spacial score (nSPS) is 25.1. The van der Waals surface area contributed by atoms with E-state index in [1.165, 1.54) is 24.5 Å². The van der Waals surface area contributed by atoms with Gasteiger partial charge in [-0.3, -0.25) is 4.79 Å². The van der Waals surface area contributed by atoms with Crippen LogP contribution in [-0.2, 0) is 9.53 Å². The van der Waals surface area contributed by atoms with Gasteiger partial charge in [0.1, 0.15) is 24.4 Å². The summed E-state index contributed by atoms with van der Waals surface area (Å²) in [6, 6.07) is 0. The quantitative estimate of drug-likeness (QED) is 0.356. The Morgan fingerprint density at radius 3 is 2.33 bits per heavy atom. The minimum Gasteiger partial charge on any atom is -0.486 e. The minimum atomic E-state index is -1.93. The van der Waals surface area contributed by atoms with Crippen LogP contribution < -0.4 is 0 Å². The molecule has 0 bridgehead atoms. The maximum atomic E-state index is 11.7. The fraction of sp³-hybridized carbons (Fsp3) is 0.545. The van der Waals surface area contributed by atoms with Crippen LogP contribution in [0.25, 0.3) is 0 Å². The molecule has 0 saturated heterocycles. The molecule has 0 spiro atoms. The van der Waals surface area contributed by atoms with Gasteiger partial charge >= 0.3 is 0 Å². The summed E-state index contributed by atoms with van der Waals surface area (Å²) in [5.74, 6) is -0.854. The highest BCUT2D eigenvalue weighted by Gasteiger charge is 2.37. The number of hydrogen-bond donors (Lipinski definition) is 5. The Labute approximate surface area is 103 Å². The molecule has 0 radical (unpaired) electrons. The average molecular weight is 260 g/mol. The third kappa shape index (κ3) is 3.37. The lowest BCUT2D eigenvalue weighted by molar-refractivity contribution is -0.152. The largest absolute Gasteiger partial charge is 0.486 e. The molecule has 0 aromatic carbocycles. The van der Waals surface area contributed by atoms with E-state index in [1.54, 1.807) is 0 Å². The summed E-state index contributed by atoms with van der Waals surface area (Å²) < 4.78 is 4.90. The Morgan fingerprint density at radius 1 is 1.17 bits per heavy atom. The number of aliphatic hydroxyl groups is 5. The Kier molecular flexibility index (Phi) is 5.45. The first-order chi connectivity index (χ1) is 8.49. The van der Waals surface area contributed by atoms with Crippen LogP contribution in [-0.4, -0.2) is 68.4 Å². The van der Waals surface area contributed by atoms with E-state index in [2.05, 4.69) is 0 Å². The summed E-state index contributed by atoms with van der Waals surface area (Å²) in [4.78, 5) is 11.7. The van der Waals surface area contributed by atoms with Crippen LogP contribution in [0.1, 0.15) is 0 Å². The molecule has 1 aliphatic heterocycles. The van der Waals surface area contributed by atoms with E-state index in [0.29, 0.717) is 0 Å². The first-order valence-corrected chi connectivity index (χ1v) is 5.34. The van der Waals surface area contributed by atoms with Crippen molar-refractivity contribution in [3.05, 3.63) is 24.5 Å². The van der Waals surface area contributed by atoms with E-state index < -0.39 is 42.9 Å². The van der Waals surface area contributed by atoms with Gasteiger partial charge in [-0.1, -0.05) is 6.08 Å². The second-order valence-corrected chi connectivity index (χ2v) is 3.85. The molecule has 0 aliphatic carbocycles. The van der Waals surface area contributed by atoms with Crippen LogP contribution in [0, 0.1) is 0 Å². The highest BCUT2D eigenvalue weighted by atomic mass is 16.5. The lowest BCUT2D eigenvalue weighted by Crippen LogP contribution is -2.50. The average Bonchev–Trinajstić information content (AvgIpc) is 2.44. The Hall–Kier alpha value is -1.25. The topological polar surface area (TPSA) is 127 Å². The zero-order valence-electron chi connectivity index (χ0n) is 9.46. The number of rotatable bonds is 6. The number of carbonyl (C=O) groups is 1. The summed E-state index contributed by atoms with van der Waals surface area (Å²) in [6.07, 6.45) is -2.69. The Balaban J connectivity index is 2.62. The summed E-state index contributed by atoms with van der Waals surface area (Å²) >= 11 is 0. The fourth-order valence-electron chi connectivity index (χ4n) is 1.41. The number of aliphatic hydroxyl groups excluding tert-OH is 5. The number of Topliss-reactive ketones (excluding diaryl/α,β-unsaturated/α-hetero) is 1. The summed E-state index contributed by atoms with van der Waals surface area (Å²) in [6.45, 7) is -0.804. The molecule has 7 nitrogen and oxygen atoms in total. The molecule has 5 N–H and O–H groups in total. The van der Waals surface area contributed by atoms with E-state index in [0.717, 1.165) is 0 Å². The Bertz CT molecular complexity index is 338. The second-order valence-electron chi connectivity index (χ2n) is 3.85. The smallest absolute Gasteiger partial charge is 0.208 e. The standard InChI is InChI=1S/C11H16O7/c12-5-6(13)8(14)10(16)11(17)9(15)7-3-1-2-4-18-7/h1-4,6-8,10-14,16-17H,5H2. The molecule has 0 fully saturated rings. The second kappa shape index (κ2) is 6.62. The molecule has 5 atom stereocenters. The van der Waals surface area contributed by atoms with Crippen LogP contribution in [0.4, 0.5) is 0 Å². The predicted molar refractivity (Wildman–Crippen MR) is 59.3 cm³/mol. The van der Waals surface area contributed by atoms with Crippen molar-refractivity contribution in [1.82, 2.24) is 0 Å². The highest BCUT2D eigenvalue weighted by molar-refractivity contribution is 5.89. The van der Waals surface area contributed by atoms with Gasteiger partial charge in [-0.05, 0) is 12.2 Å². The van der Waals surface area contributed by atoms with Gasteiger partial charge in [0.05, 0.1) is 12.9 Å². The van der Waals surface area contributed by atoms with E-state index in [-0.39, 0.29) is 0 Å². The summed E-state index contributed by atoms with van der Waals surface area (Å²) in [7, 11) is 0. The lowest BCUT2D eigenvalue weighted by Gasteiger charge is -2.26. The Morgan fingerprint density at radius 2 is 1.83 bits per heavy atom. The fourth-order valence-corrected chi connectivity index (χ4v) is 1.41. The van der Waals surface area contributed by atoms with Crippen molar-refractivity contribution in [1.29, 1.82) is 0 Å². The molecular formula is C11H16O7. The number of hydrogen-bond acceptors (Lipinski definition) is 7. The van der Waals surface area contributed by atoms with Gasteiger partial charge in [-0.15, -0.1) is 0 Å². The monoisotopic (exact) mass is 260 g/mol. The molecule has 1 heterocycles. The van der Waals surface area contributed by atoms with Crippen molar-refractivity contribution < 1.29 is 35.1 Å². The first-order valence-electron chi connectivity index (χ1n) is 5.34. The van der Waals surface area contributed by atoms with Gasteiger partial charge in [-0.25, -0.2) is 0 Å². The van der Waals surface area contributed by atoms with E-state index in [9.17, 15) is 20.1 Å². The molecule has 0 aromatic heterocycles. The summed E-state index contributed by atoms with van der Waals surface area (Å²) in [5, 5.41) is 46.1.